The first kappa shape index (κ1) is 12.4. The van der Waals surface area contributed by atoms with Gasteiger partial charge in [-0.25, -0.2) is 0 Å². The predicted octanol–water partition coefficient (Wildman–Crippen LogP) is 2.26. The van der Waals surface area contributed by atoms with Crippen LogP contribution < -0.4 is 10.1 Å². The van der Waals surface area contributed by atoms with Crippen LogP contribution in [-0.4, -0.2) is 24.4 Å². The molecule has 1 aromatic rings. The van der Waals surface area contributed by atoms with E-state index in [0.717, 1.165) is 25.0 Å². The maximum Gasteiger partial charge on any atom is 0.118 e. The summed E-state index contributed by atoms with van der Waals surface area (Å²) in [4.78, 5) is 0. The van der Waals surface area contributed by atoms with Gasteiger partial charge in [-0.1, -0.05) is 12.1 Å². The lowest BCUT2D eigenvalue weighted by atomic mass is 10.1. The average molecular weight is 235 g/mol. The molecule has 1 aliphatic carbocycles. The van der Waals surface area contributed by atoms with Crippen LogP contribution >= 0.6 is 0 Å². The van der Waals surface area contributed by atoms with Crippen LogP contribution in [0.15, 0.2) is 24.3 Å². The minimum absolute atomic E-state index is 0.185. The molecule has 0 aromatic heterocycles. The Balaban J connectivity index is 1.96. The highest BCUT2D eigenvalue weighted by Crippen LogP contribution is 2.23. The minimum atomic E-state index is -0.185. The topological polar surface area (TPSA) is 41.5 Å². The Morgan fingerprint density at radius 2 is 2.00 bits per heavy atom. The van der Waals surface area contributed by atoms with Crippen LogP contribution in [0, 0.1) is 0 Å². The molecule has 3 atom stereocenters. The molecule has 1 fully saturated rings. The van der Waals surface area contributed by atoms with Crippen molar-refractivity contribution in [2.75, 3.05) is 7.11 Å². The SMILES string of the molecule is COc1ccc([C@H](C)NC2CCCC2O)cc1. The zero-order valence-electron chi connectivity index (χ0n) is 10.5. The van der Waals surface area contributed by atoms with Gasteiger partial charge in [-0.05, 0) is 43.9 Å². The number of rotatable bonds is 4. The molecule has 2 unspecified atom stereocenters. The first-order valence-corrected chi connectivity index (χ1v) is 6.29. The van der Waals surface area contributed by atoms with Crippen molar-refractivity contribution in [1.82, 2.24) is 5.32 Å². The molecule has 0 amide bonds. The van der Waals surface area contributed by atoms with E-state index in [9.17, 15) is 5.11 Å². The van der Waals surface area contributed by atoms with Gasteiger partial charge in [-0.2, -0.15) is 0 Å². The number of hydrogen-bond donors (Lipinski definition) is 2. The smallest absolute Gasteiger partial charge is 0.118 e. The van der Waals surface area contributed by atoms with Crippen molar-refractivity contribution in [2.24, 2.45) is 0 Å². The number of benzene rings is 1. The highest BCUT2D eigenvalue weighted by atomic mass is 16.5. The molecule has 2 rings (SSSR count). The second-order valence-corrected chi connectivity index (χ2v) is 4.77. The molecule has 0 heterocycles. The Bertz CT molecular complexity index is 350. The molecular formula is C14H21NO2. The lowest BCUT2D eigenvalue weighted by Crippen LogP contribution is -2.37. The van der Waals surface area contributed by atoms with Crippen molar-refractivity contribution >= 4 is 0 Å². The van der Waals surface area contributed by atoms with Crippen LogP contribution in [0.5, 0.6) is 5.75 Å². The summed E-state index contributed by atoms with van der Waals surface area (Å²) in [6.45, 7) is 2.13. The van der Waals surface area contributed by atoms with Gasteiger partial charge in [-0.15, -0.1) is 0 Å². The molecule has 3 heteroatoms. The van der Waals surface area contributed by atoms with Gasteiger partial charge in [0.2, 0.25) is 0 Å². The Morgan fingerprint density at radius 1 is 1.29 bits per heavy atom. The summed E-state index contributed by atoms with van der Waals surface area (Å²) >= 11 is 0. The number of aliphatic hydroxyl groups excluding tert-OH is 1. The zero-order valence-corrected chi connectivity index (χ0v) is 10.5. The van der Waals surface area contributed by atoms with E-state index in [1.165, 1.54) is 5.56 Å². The summed E-state index contributed by atoms with van der Waals surface area (Å²) < 4.78 is 5.14. The van der Waals surface area contributed by atoms with E-state index < -0.39 is 0 Å². The van der Waals surface area contributed by atoms with Crippen LogP contribution in [0.4, 0.5) is 0 Å². The van der Waals surface area contributed by atoms with Crippen LogP contribution in [-0.2, 0) is 0 Å². The second-order valence-electron chi connectivity index (χ2n) is 4.77. The lowest BCUT2D eigenvalue weighted by Gasteiger charge is -2.22. The molecule has 1 aromatic carbocycles. The largest absolute Gasteiger partial charge is 0.497 e. The normalized spacial score (nSPS) is 25.8. The van der Waals surface area contributed by atoms with Crippen LogP contribution in [0.3, 0.4) is 0 Å². The zero-order chi connectivity index (χ0) is 12.3. The Kier molecular flexibility index (Phi) is 4.02. The molecule has 0 radical (unpaired) electrons. The quantitative estimate of drug-likeness (QED) is 0.841. The molecule has 1 saturated carbocycles. The van der Waals surface area contributed by atoms with E-state index >= 15 is 0 Å². The fourth-order valence-electron chi connectivity index (χ4n) is 2.44. The van der Waals surface area contributed by atoms with Crippen molar-refractivity contribution in [1.29, 1.82) is 0 Å². The summed E-state index contributed by atoms with van der Waals surface area (Å²) in [5.74, 6) is 0.877. The van der Waals surface area contributed by atoms with Gasteiger partial charge >= 0.3 is 0 Å². The fraction of sp³-hybridized carbons (Fsp3) is 0.571. The van der Waals surface area contributed by atoms with Crippen LogP contribution in [0.25, 0.3) is 0 Å². The number of aliphatic hydroxyl groups is 1. The summed E-state index contributed by atoms with van der Waals surface area (Å²) in [7, 11) is 1.67. The van der Waals surface area contributed by atoms with Crippen molar-refractivity contribution in [2.45, 2.75) is 44.4 Å². The van der Waals surface area contributed by atoms with Gasteiger partial charge in [-0.3, -0.25) is 0 Å². The van der Waals surface area contributed by atoms with Gasteiger partial charge in [0.05, 0.1) is 13.2 Å². The summed E-state index contributed by atoms with van der Waals surface area (Å²) in [5.41, 5.74) is 1.23. The summed E-state index contributed by atoms with van der Waals surface area (Å²) in [6.07, 6.45) is 2.93. The molecule has 2 N–H and O–H groups in total. The molecule has 0 aliphatic heterocycles. The third-order valence-corrected chi connectivity index (χ3v) is 3.56. The monoisotopic (exact) mass is 235 g/mol. The molecular weight excluding hydrogens is 214 g/mol. The third kappa shape index (κ3) is 2.99. The van der Waals surface area contributed by atoms with Crippen molar-refractivity contribution in [3.63, 3.8) is 0 Å². The molecule has 94 valence electrons. The van der Waals surface area contributed by atoms with E-state index in [4.69, 9.17) is 4.74 Å². The molecule has 0 spiro atoms. The highest BCUT2D eigenvalue weighted by molar-refractivity contribution is 5.28. The van der Waals surface area contributed by atoms with E-state index in [-0.39, 0.29) is 18.2 Å². The Morgan fingerprint density at radius 3 is 2.53 bits per heavy atom. The maximum atomic E-state index is 9.78. The van der Waals surface area contributed by atoms with E-state index in [1.807, 2.05) is 12.1 Å². The van der Waals surface area contributed by atoms with Gasteiger partial charge in [0.1, 0.15) is 5.75 Å². The third-order valence-electron chi connectivity index (χ3n) is 3.56. The summed E-state index contributed by atoms with van der Waals surface area (Å²) in [5, 5.41) is 13.3. The fourth-order valence-corrected chi connectivity index (χ4v) is 2.44. The van der Waals surface area contributed by atoms with Gasteiger partial charge < -0.3 is 15.2 Å². The average Bonchev–Trinajstić information content (AvgIpc) is 2.75. The van der Waals surface area contributed by atoms with E-state index in [0.29, 0.717) is 0 Å². The predicted molar refractivity (Wildman–Crippen MR) is 68.2 cm³/mol. The number of nitrogens with one attached hydrogen (secondary N) is 1. The van der Waals surface area contributed by atoms with Gasteiger partial charge in [0.25, 0.3) is 0 Å². The molecule has 1 aliphatic rings. The number of hydrogen-bond acceptors (Lipinski definition) is 3. The molecule has 0 bridgehead atoms. The van der Waals surface area contributed by atoms with Crippen LogP contribution in [0.1, 0.15) is 37.8 Å². The van der Waals surface area contributed by atoms with Crippen molar-refractivity contribution in [3.8, 4) is 5.75 Å². The maximum absolute atomic E-state index is 9.78. The number of methoxy groups -OCH3 is 1. The van der Waals surface area contributed by atoms with Crippen LogP contribution in [0.2, 0.25) is 0 Å². The first-order valence-electron chi connectivity index (χ1n) is 6.29. The van der Waals surface area contributed by atoms with Crippen molar-refractivity contribution in [3.05, 3.63) is 29.8 Å². The second kappa shape index (κ2) is 5.52. The Hall–Kier alpha value is -1.06. The highest BCUT2D eigenvalue weighted by Gasteiger charge is 2.26. The Labute approximate surface area is 103 Å². The first-order chi connectivity index (χ1) is 8.20. The van der Waals surface area contributed by atoms with Crippen molar-refractivity contribution < 1.29 is 9.84 Å². The van der Waals surface area contributed by atoms with Gasteiger partial charge in [0, 0.05) is 12.1 Å². The molecule has 0 saturated heterocycles. The molecule has 3 nitrogen and oxygen atoms in total. The molecule has 17 heavy (non-hydrogen) atoms. The van der Waals surface area contributed by atoms with Gasteiger partial charge in [0.15, 0.2) is 0 Å². The summed E-state index contributed by atoms with van der Waals surface area (Å²) in [6, 6.07) is 8.58. The van der Waals surface area contributed by atoms with E-state index in [1.54, 1.807) is 7.11 Å². The number of ether oxygens (including phenoxy) is 1. The van der Waals surface area contributed by atoms with E-state index in [2.05, 4.69) is 24.4 Å². The minimum Gasteiger partial charge on any atom is -0.497 e. The standard InChI is InChI=1S/C14H21NO2/c1-10(15-13-4-3-5-14(13)16)11-6-8-12(17-2)9-7-11/h6-10,13-16H,3-5H2,1-2H3/t10-,13?,14?/m0/s1. The lowest BCUT2D eigenvalue weighted by molar-refractivity contribution is 0.144.